The van der Waals surface area contributed by atoms with Crippen molar-refractivity contribution in [2.45, 2.75) is 6.92 Å². The van der Waals surface area contributed by atoms with Gasteiger partial charge in [0, 0.05) is 12.2 Å². The van der Waals surface area contributed by atoms with E-state index in [0.29, 0.717) is 11.3 Å². The maximum Gasteiger partial charge on any atom is 0.337 e. The number of hydrogen-bond acceptors (Lipinski definition) is 5. The first-order valence-electron chi connectivity index (χ1n) is 6.72. The quantitative estimate of drug-likeness (QED) is 0.787. The Hall–Kier alpha value is -2.41. The zero-order chi connectivity index (χ0) is 16.3. The Balaban J connectivity index is 2.32. The van der Waals surface area contributed by atoms with Crippen LogP contribution in [0.15, 0.2) is 29.5 Å². The van der Waals surface area contributed by atoms with Crippen molar-refractivity contribution in [3.8, 4) is 0 Å². The zero-order valence-corrected chi connectivity index (χ0v) is 12.4. The summed E-state index contributed by atoms with van der Waals surface area (Å²) < 4.78 is 18.3. The largest absolute Gasteiger partial charge is 0.466 e. The molecule has 0 fully saturated rings. The maximum absolute atomic E-state index is 13.6. The second-order valence-electron chi connectivity index (χ2n) is 4.88. The maximum atomic E-state index is 13.6. The fourth-order valence-corrected chi connectivity index (χ4v) is 2.16. The van der Waals surface area contributed by atoms with Crippen LogP contribution < -0.4 is 5.32 Å². The number of carbonyl (C=O) groups excluding carboxylic acids is 2. The molecular formula is C15H17FN2O4. The Morgan fingerprint density at radius 1 is 1.50 bits per heavy atom. The Labute approximate surface area is 127 Å². The number of ether oxygens (including phenoxy) is 1. The molecule has 0 spiro atoms. The minimum atomic E-state index is -0.635. The lowest BCUT2D eigenvalue weighted by atomic mass is 10.2. The van der Waals surface area contributed by atoms with Gasteiger partial charge in [-0.3, -0.25) is 4.79 Å². The van der Waals surface area contributed by atoms with E-state index in [9.17, 15) is 14.0 Å². The first kappa shape index (κ1) is 16.0. The molecule has 0 unspecified atom stereocenters. The Kier molecular flexibility index (Phi) is 4.77. The number of aryl methyl sites for hydroxylation is 1. The van der Waals surface area contributed by atoms with Gasteiger partial charge in [-0.15, -0.1) is 0 Å². The number of carbonyl (C=O) groups is 2. The van der Waals surface area contributed by atoms with Crippen LogP contribution in [0.25, 0.3) is 0 Å². The molecule has 0 aliphatic carbocycles. The Morgan fingerprint density at radius 3 is 2.82 bits per heavy atom. The highest BCUT2D eigenvalue weighted by molar-refractivity contribution is 6.08. The molecule has 1 aliphatic rings. The number of esters is 1. The Bertz CT molecular complexity index is 642. The summed E-state index contributed by atoms with van der Waals surface area (Å²) >= 11 is 0. The van der Waals surface area contributed by atoms with E-state index in [1.807, 2.05) is 0 Å². The number of halogens is 1. The third kappa shape index (κ3) is 3.09. The van der Waals surface area contributed by atoms with Crippen LogP contribution >= 0.6 is 0 Å². The van der Waals surface area contributed by atoms with Gasteiger partial charge in [0.05, 0.1) is 25.8 Å². The SMILES string of the molecule is COC(=O)C1=C(Nc2ccc(C)c(F)c2)C(=O)N(CCO)C1. The first-order chi connectivity index (χ1) is 10.5. The number of nitrogens with one attached hydrogen (secondary N) is 1. The minimum absolute atomic E-state index is 0.0444. The van der Waals surface area contributed by atoms with Gasteiger partial charge >= 0.3 is 5.97 Å². The summed E-state index contributed by atoms with van der Waals surface area (Å²) in [5, 5.41) is 11.7. The number of aliphatic hydroxyl groups excluding tert-OH is 1. The van der Waals surface area contributed by atoms with Crippen LogP contribution in [0.1, 0.15) is 5.56 Å². The monoisotopic (exact) mass is 308 g/mol. The van der Waals surface area contributed by atoms with E-state index < -0.39 is 17.7 Å². The van der Waals surface area contributed by atoms with Crippen LogP contribution in [-0.4, -0.2) is 48.7 Å². The molecule has 0 radical (unpaired) electrons. The van der Waals surface area contributed by atoms with Crippen LogP contribution in [0.4, 0.5) is 10.1 Å². The Morgan fingerprint density at radius 2 is 2.23 bits per heavy atom. The lowest BCUT2D eigenvalue weighted by Gasteiger charge is -2.15. The van der Waals surface area contributed by atoms with Crippen molar-refractivity contribution in [2.75, 3.05) is 32.1 Å². The minimum Gasteiger partial charge on any atom is -0.466 e. The fraction of sp³-hybridized carbons (Fsp3) is 0.333. The molecule has 2 N–H and O–H groups in total. The highest BCUT2D eigenvalue weighted by Gasteiger charge is 2.34. The molecule has 0 aromatic heterocycles. The average molecular weight is 308 g/mol. The number of nitrogens with zero attached hydrogens (tertiary/aromatic N) is 1. The van der Waals surface area contributed by atoms with Crippen molar-refractivity contribution in [3.05, 3.63) is 40.8 Å². The van der Waals surface area contributed by atoms with Gasteiger partial charge in [0.1, 0.15) is 11.5 Å². The lowest BCUT2D eigenvalue weighted by molar-refractivity contribution is -0.136. The number of amides is 1. The summed E-state index contributed by atoms with van der Waals surface area (Å²) in [6, 6.07) is 4.43. The van der Waals surface area contributed by atoms with Gasteiger partial charge < -0.3 is 20.1 Å². The van der Waals surface area contributed by atoms with E-state index in [2.05, 4.69) is 10.1 Å². The summed E-state index contributed by atoms with van der Waals surface area (Å²) in [6.07, 6.45) is 0. The second-order valence-corrected chi connectivity index (χ2v) is 4.88. The molecule has 7 heteroatoms. The van der Waals surface area contributed by atoms with Crippen molar-refractivity contribution in [1.29, 1.82) is 0 Å². The fourth-order valence-electron chi connectivity index (χ4n) is 2.16. The predicted molar refractivity (Wildman–Crippen MR) is 77.5 cm³/mol. The molecule has 0 saturated heterocycles. The highest BCUT2D eigenvalue weighted by atomic mass is 19.1. The molecular weight excluding hydrogens is 291 g/mol. The van der Waals surface area contributed by atoms with E-state index in [4.69, 9.17) is 5.11 Å². The van der Waals surface area contributed by atoms with Gasteiger partial charge in [-0.2, -0.15) is 0 Å². The van der Waals surface area contributed by atoms with E-state index in [1.165, 1.54) is 18.1 Å². The van der Waals surface area contributed by atoms with Gasteiger partial charge in [-0.1, -0.05) is 6.07 Å². The summed E-state index contributed by atoms with van der Waals surface area (Å²) in [5.74, 6) is -1.48. The summed E-state index contributed by atoms with van der Waals surface area (Å²) in [4.78, 5) is 25.4. The normalized spacial score (nSPS) is 14.5. The third-order valence-electron chi connectivity index (χ3n) is 3.39. The van der Waals surface area contributed by atoms with Gasteiger partial charge in [0.2, 0.25) is 0 Å². The van der Waals surface area contributed by atoms with E-state index in [0.717, 1.165) is 0 Å². The number of rotatable bonds is 5. The van der Waals surface area contributed by atoms with Gasteiger partial charge in [-0.25, -0.2) is 9.18 Å². The summed E-state index contributed by atoms with van der Waals surface area (Å²) in [5.41, 5.74) is 1.04. The molecule has 1 aromatic rings. The van der Waals surface area contributed by atoms with E-state index >= 15 is 0 Å². The number of methoxy groups -OCH3 is 1. The number of anilines is 1. The third-order valence-corrected chi connectivity index (χ3v) is 3.39. The summed E-state index contributed by atoms with van der Waals surface area (Å²) in [6.45, 7) is 1.56. The molecule has 1 amide bonds. The van der Waals surface area contributed by atoms with Crippen molar-refractivity contribution in [1.82, 2.24) is 4.90 Å². The molecule has 1 aromatic carbocycles. The number of β-amino-alcohol motifs (C(OH)–C–C–N with tert-alkyl or cyclic N) is 1. The highest BCUT2D eigenvalue weighted by Crippen LogP contribution is 2.23. The van der Waals surface area contributed by atoms with Gasteiger partial charge in [-0.05, 0) is 24.6 Å². The first-order valence-corrected chi connectivity index (χ1v) is 6.72. The molecule has 1 heterocycles. The molecule has 0 saturated carbocycles. The summed E-state index contributed by atoms with van der Waals surface area (Å²) in [7, 11) is 1.22. The number of aliphatic hydroxyl groups is 1. The second kappa shape index (κ2) is 6.57. The molecule has 6 nitrogen and oxygen atoms in total. The number of hydrogen-bond donors (Lipinski definition) is 2. The van der Waals surface area contributed by atoms with Crippen LogP contribution in [0.5, 0.6) is 0 Å². The van der Waals surface area contributed by atoms with E-state index in [-0.39, 0.29) is 31.0 Å². The van der Waals surface area contributed by atoms with Crippen LogP contribution in [0.3, 0.4) is 0 Å². The smallest absolute Gasteiger partial charge is 0.337 e. The topological polar surface area (TPSA) is 78.9 Å². The van der Waals surface area contributed by atoms with Crippen molar-refractivity contribution in [2.24, 2.45) is 0 Å². The predicted octanol–water partition coefficient (Wildman–Crippen LogP) is 0.808. The van der Waals surface area contributed by atoms with Gasteiger partial charge in [0.25, 0.3) is 5.91 Å². The molecule has 22 heavy (non-hydrogen) atoms. The molecule has 0 atom stereocenters. The molecule has 0 bridgehead atoms. The molecule has 2 rings (SSSR count). The van der Waals surface area contributed by atoms with Crippen LogP contribution in [-0.2, 0) is 14.3 Å². The lowest BCUT2D eigenvalue weighted by Crippen LogP contribution is -2.31. The van der Waals surface area contributed by atoms with Crippen LogP contribution in [0.2, 0.25) is 0 Å². The van der Waals surface area contributed by atoms with Crippen molar-refractivity contribution < 1.29 is 23.8 Å². The number of benzene rings is 1. The molecule has 1 aliphatic heterocycles. The van der Waals surface area contributed by atoms with Crippen LogP contribution in [0, 0.1) is 12.7 Å². The molecule has 118 valence electrons. The van der Waals surface area contributed by atoms with Gasteiger partial charge in [0.15, 0.2) is 0 Å². The van der Waals surface area contributed by atoms with Crippen molar-refractivity contribution >= 4 is 17.6 Å². The average Bonchev–Trinajstić information content (AvgIpc) is 2.80. The zero-order valence-electron chi connectivity index (χ0n) is 12.4. The van der Waals surface area contributed by atoms with Crippen molar-refractivity contribution in [3.63, 3.8) is 0 Å². The van der Waals surface area contributed by atoms with E-state index in [1.54, 1.807) is 19.1 Å². The standard InChI is InChI=1S/C15H17FN2O4/c1-9-3-4-10(7-12(9)16)17-13-11(15(21)22-2)8-18(5-6-19)14(13)20/h3-4,7,17,19H,5-6,8H2,1-2H3.